The molecule has 2 aromatic rings. The molecule has 0 spiro atoms. The molecule has 0 saturated carbocycles. The third-order valence-electron chi connectivity index (χ3n) is 3.46. The highest BCUT2D eigenvalue weighted by molar-refractivity contribution is 9.10. The Kier molecular flexibility index (Phi) is 6.16. The van der Waals surface area contributed by atoms with Gasteiger partial charge in [0.15, 0.2) is 0 Å². The molecule has 1 aromatic heterocycles. The molecule has 0 fully saturated rings. The van der Waals surface area contributed by atoms with Gasteiger partial charge in [0.2, 0.25) is 0 Å². The van der Waals surface area contributed by atoms with Gasteiger partial charge < -0.3 is 5.32 Å². The Bertz CT molecular complexity index is 888. The summed E-state index contributed by atoms with van der Waals surface area (Å²) in [7, 11) is 0. The molecule has 0 bridgehead atoms. The summed E-state index contributed by atoms with van der Waals surface area (Å²) in [6, 6.07) is 10.7. The van der Waals surface area contributed by atoms with Crippen molar-refractivity contribution in [2.75, 3.05) is 0 Å². The molecule has 8 heteroatoms. The summed E-state index contributed by atoms with van der Waals surface area (Å²) >= 11 is 3.19. The summed E-state index contributed by atoms with van der Waals surface area (Å²) in [4.78, 5) is 16.4. The first-order valence-corrected chi connectivity index (χ1v) is 8.22. The van der Waals surface area contributed by atoms with Crippen molar-refractivity contribution in [3.05, 3.63) is 69.5 Å². The second kappa shape index (κ2) is 8.15. The second-order valence-corrected chi connectivity index (χ2v) is 6.19. The summed E-state index contributed by atoms with van der Waals surface area (Å²) in [6.07, 6.45) is -3.16. The van der Waals surface area contributed by atoms with Gasteiger partial charge in [-0.1, -0.05) is 18.2 Å². The van der Waals surface area contributed by atoms with Gasteiger partial charge in [0, 0.05) is 0 Å². The molecule has 2 rings (SSSR count). The number of hydrogen-bond acceptors (Lipinski definition) is 3. The van der Waals surface area contributed by atoms with Crippen molar-refractivity contribution < 1.29 is 18.0 Å². The van der Waals surface area contributed by atoms with E-state index in [1.54, 1.807) is 31.2 Å². The largest absolute Gasteiger partial charge is 0.416 e. The van der Waals surface area contributed by atoms with E-state index < -0.39 is 23.7 Å². The Morgan fingerprint density at radius 3 is 2.62 bits per heavy atom. The topological polar surface area (TPSA) is 65.8 Å². The maximum absolute atomic E-state index is 12.8. The van der Waals surface area contributed by atoms with E-state index >= 15 is 0 Å². The average Bonchev–Trinajstić information content (AvgIpc) is 2.59. The summed E-state index contributed by atoms with van der Waals surface area (Å²) < 4.78 is 38.9. The number of pyridine rings is 1. The van der Waals surface area contributed by atoms with Gasteiger partial charge in [0.25, 0.3) is 5.91 Å². The minimum absolute atomic E-state index is 0.200. The van der Waals surface area contributed by atoms with Crippen LogP contribution in [0.2, 0.25) is 0 Å². The van der Waals surface area contributed by atoms with E-state index in [0.717, 1.165) is 12.1 Å². The van der Waals surface area contributed by atoms with Crippen LogP contribution in [-0.4, -0.2) is 10.9 Å². The molecule has 0 unspecified atom stereocenters. The van der Waals surface area contributed by atoms with Gasteiger partial charge in [-0.2, -0.15) is 18.4 Å². The van der Waals surface area contributed by atoms with Crippen LogP contribution < -0.4 is 5.32 Å². The molecular formula is C18H13BrF3N3O. The van der Waals surface area contributed by atoms with Crippen molar-refractivity contribution in [1.82, 2.24) is 10.3 Å². The van der Waals surface area contributed by atoms with E-state index in [0.29, 0.717) is 10.3 Å². The maximum atomic E-state index is 12.8. The minimum atomic E-state index is -4.47. The number of carbonyl (C=O) groups is 1. The van der Waals surface area contributed by atoms with E-state index in [1.807, 2.05) is 0 Å². The number of benzene rings is 1. The molecule has 0 aliphatic heterocycles. The van der Waals surface area contributed by atoms with Gasteiger partial charge in [0.1, 0.15) is 16.2 Å². The number of rotatable bonds is 4. The highest BCUT2D eigenvalue weighted by atomic mass is 79.9. The van der Waals surface area contributed by atoms with E-state index in [2.05, 4.69) is 26.2 Å². The molecule has 1 heterocycles. The van der Waals surface area contributed by atoms with Crippen LogP contribution in [0.5, 0.6) is 0 Å². The van der Waals surface area contributed by atoms with Gasteiger partial charge in [-0.25, -0.2) is 4.98 Å². The zero-order valence-corrected chi connectivity index (χ0v) is 15.1. The molecule has 0 saturated heterocycles. The van der Waals surface area contributed by atoms with Crippen molar-refractivity contribution in [3.8, 4) is 6.07 Å². The molecule has 1 atom stereocenters. The lowest BCUT2D eigenvalue weighted by Gasteiger charge is -2.16. The molecule has 1 N–H and O–H groups in total. The average molecular weight is 424 g/mol. The number of alkyl halides is 3. The number of halogens is 4. The minimum Gasteiger partial charge on any atom is -0.345 e. The Morgan fingerprint density at radius 1 is 1.31 bits per heavy atom. The Hall–Kier alpha value is -2.66. The molecule has 26 heavy (non-hydrogen) atoms. The Morgan fingerprint density at radius 2 is 2.00 bits per heavy atom. The summed E-state index contributed by atoms with van der Waals surface area (Å²) in [5, 5.41) is 11.7. The monoisotopic (exact) mass is 423 g/mol. The van der Waals surface area contributed by atoms with E-state index in [4.69, 9.17) is 0 Å². The van der Waals surface area contributed by atoms with Crippen LogP contribution in [0.1, 0.15) is 29.8 Å². The fourth-order valence-corrected chi connectivity index (χ4v) is 2.50. The summed E-state index contributed by atoms with van der Waals surface area (Å²) in [5.41, 5.74) is -0.316. The Labute approximate surface area is 156 Å². The van der Waals surface area contributed by atoms with Gasteiger partial charge in [-0.05, 0) is 58.8 Å². The first kappa shape index (κ1) is 19.7. The molecule has 0 radical (unpaired) electrons. The molecule has 0 aliphatic carbocycles. The van der Waals surface area contributed by atoms with Crippen LogP contribution in [0, 0.1) is 11.3 Å². The fraction of sp³-hybridized carbons (Fsp3) is 0.167. The van der Waals surface area contributed by atoms with Gasteiger partial charge >= 0.3 is 6.18 Å². The van der Waals surface area contributed by atoms with Crippen molar-refractivity contribution in [1.29, 1.82) is 5.26 Å². The van der Waals surface area contributed by atoms with Crippen LogP contribution in [0.25, 0.3) is 6.08 Å². The third-order valence-corrected chi connectivity index (χ3v) is 3.90. The SMILES string of the molecule is C[C@H](NC(=O)C(C#N)=Cc1cccc(Br)n1)c1cccc(C(F)(F)F)c1. The lowest BCUT2D eigenvalue weighted by molar-refractivity contribution is -0.137. The van der Waals surface area contributed by atoms with Gasteiger partial charge in [0.05, 0.1) is 17.3 Å². The summed E-state index contributed by atoms with van der Waals surface area (Å²) in [6.45, 7) is 1.54. The number of aromatic nitrogens is 1. The van der Waals surface area contributed by atoms with Crippen LogP contribution in [-0.2, 0) is 11.0 Å². The summed E-state index contributed by atoms with van der Waals surface area (Å²) in [5.74, 6) is -0.695. The van der Waals surface area contributed by atoms with Gasteiger partial charge in [-0.15, -0.1) is 0 Å². The number of amides is 1. The number of nitriles is 1. The third kappa shape index (κ3) is 5.17. The highest BCUT2D eigenvalue weighted by Crippen LogP contribution is 2.30. The normalized spacial score (nSPS) is 13.0. The molecule has 0 aliphatic rings. The first-order valence-electron chi connectivity index (χ1n) is 7.43. The molecule has 1 amide bonds. The zero-order valence-electron chi connectivity index (χ0n) is 13.5. The Balaban J connectivity index is 2.19. The standard InChI is InChI=1S/C18H13BrF3N3O/c1-11(12-4-2-5-14(8-12)18(20,21)22)24-17(26)13(10-23)9-15-6-3-7-16(19)25-15/h2-9,11H,1H3,(H,24,26)/t11-/m0/s1. The van der Waals surface area contributed by atoms with Crippen LogP contribution in [0.4, 0.5) is 13.2 Å². The number of nitrogens with one attached hydrogen (secondary N) is 1. The smallest absolute Gasteiger partial charge is 0.345 e. The van der Waals surface area contributed by atoms with Gasteiger partial charge in [-0.3, -0.25) is 4.79 Å². The number of hydrogen-bond donors (Lipinski definition) is 1. The van der Waals surface area contributed by atoms with Crippen molar-refractivity contribution in [3.63, 3.8) is 0 Å². The van der Waals surface area contributed by atoms with E-state index in [9.17, 15) is 23.2 Å². The molecule has 4 nitrogen and oxygen atoms in total. The molecule has 1 aromatic carbocycles. The van der Waals surface area contributed by atoms with Crippen LogP contribution >= 0.6 is 15.9 Å². The highest BCUT2D eigenvalue weighted by Gasteiger charge is 2.30. The zero-order chi connectivity index (χ0) is 19.3. The molecular weight excluding hydrogens is 411 g/mol. The fourth-order valence-electron chi connectivity index (χ4n) is 2.14. The van der Waals surface area contributed by atoms with Crippen molar-refractivity contribution in [2.45, 2.75) is 19.1 Å². The van der Waals surface area contributed by atoms with E-state index in [1.165, 1.54) is 18.2 Å². The number of carbonyl (C=O) groups excluding carboxylic acids is 1. The maximum Gasteiger partial charge on any atom is 0.416 e. The predicted octanol–water partition coefficient (Wildman–Crippen LogP) is 4.65. The molecule has 134 valence electrons. The van der Waals surface area contributed by atoms with Crippen LogP contribution in [0.3, 0.4) is 0 Å². The quantitative estimate of drug-likeness (QED) is 0.442. The van der Waals surface area contributed by atoms with Crippen molar-refractivity contribution >= 4 is 27.9 Å². The first-order chi connectivity index (χ1) is 12.2. The lowest BCUT2D eigenvalue weighted by Crippen LogP contribution is -2.27. The second-order valence-electron chi connectivity index (χ2n) is 5.37. The predicted molar refractivity (Wildman–Crippen MR) is 93.5 cm³/mol. The van der Waals surface area contributed by atoms with E-state index in [-0.39, 0.29) is 11.1 Å². The van der Waals surface area contributed by atoms with Crippen molar-refractivity contribution in [2.24, 2.45) is 0 Å². The number of nitrogens with zero attached hydrogens (tertiary/aromatic N) is 2. The van der Waals surface area contributed by atoms with Crippen LogP contribution in [0.15, 0.2) is 52.6 Å². The lowest BCUT2D eigenvalue weighted by atomic mass is 10.0.